The maximum atomic E-state index is 12.8. The second-order valence-corrected chi connectivity index (χ2v) is 18.5. The van der Waals surface area contributed by atoms with E-state index in [1.54, 1.807) is 0 Å². The van der Waals surface area contributed by atoms with Crippen LogP contribution in [0.4, 0.5) is 0 Å². The monoisotopic (exact) mass is 933 g/mol. The van der Waals surface area contributed by atoms with Crippen LogP contribution in [0.1, 0.15) is 265 Å². The highest BCUT2D eigenvalue weighted by atomic mass is 16.6. The van der Waals surface area contributed by atoms with E-state index >= 15 is 0 Å². The lowest BCUT2D eigenvalue weighted by molar-refractivity contribution is -0.167. The van der Waals surface area contributed by atoms with E-state index in [0.717, 1.165) is 70.6 Å². The van der Waals surface area contributed by atoms with Crippen molar-refractivity contribution in [1.82, 2.24) is 0 Å². The van der Waals surface area contributed by atoms with Gasteiger partial charge in [-0.15, -0.1) is 0 Å². The van der Waals surface area contributed by atoms with E-state index in [-0.39, 0.29) is 44.0 Å². The minimum absolute atomic E-state index is 0.122. The zero-order valence-corrected chi connectivity index (χ0v) is 43.9. The predicted molar refractivity (Wildman–Crippen MR) is 288 cm³/mol. The summed E-state index contributed by atoms with van der Waals surface area (Å²) >= 11 is 0. The maximum absolute atomic E-state index is 12.8. The number of rotatable bonds is 50. The standard InChI is InChI=1S/C61H104O6/c1-4-7-10-13-16-19-22-25-28-30-33-35-38-41-44-47-50-53-59(62)65-56-58(67-61(64)55-52-49-46-43-40-37-32-27-24-21-18-15-12-9-6-3)57-66-60(63)54-51-48-45-42-39-36-34-31-29-26-23-20-17-14-11-8-5-2/h25-29,32-36,41-42,44-45,58H,4-24,30-31,37-40,43,46-57H2,1-3H3/b28-25-,29-26-,32-27-,35-33-,36-34-,44-41-,45-42-. The molecule has 0 aliphatic carbocycles. The summed E-state index contributed by atoms with van der Waals surface area (Å²) in [6.07, 6.45) is 71.5. The van der Waals surface area contributed by atoms with Crippen LogP contribution in [0, 0.1) is 0 Å². The third kappa shape index (κ3) is 53.4. The normalized spacial score (nSPS) is 12.3. The molecular weight excluding hydrogens is 829 g/mol. The molecule has 0 amide bonds. The minimum Gasteiger partial charge on any atom is -0.462 e. The molecule has 0 atom stereocenters. The summed E-state index contributed by atoms with van der Waals surface area (Å²) in [7, 11) is 0. The van der Waals surface area contributed by atoms with Crippen LogP contribution in [0.15, 0.2) is 85.1 Å². The van der Waals surface area contributed by atoms with E-state index in [1.165, 1.54) is 141 Å². The van der Waals surface area contributed by atoms with E-state index < -0.39 is 6.10 Å². The van der Waals surface area contributed by atoms with E-state index in [9.17, 15) is 14.4 Å². The SMILES string of the molecule is CCCCCCCC/C=C\C/C=C\C/C=C\CCCC(=O)OCC(COC(=O)CCC/C=C\C/C=C\C/C=C\CCCCCCCC)OC(=O)CCCCCCC/C=C\CCCCCCCC. The topological polar surface area (TPSA) is 78.9 Å². The molecule has 6 nitrogen and oxygen atoms in total. The molecule has 0 aromatic heterocycles. The van der Waals surface area contributed by atoms with Crippen LogP contribution in [-0.4, -0.2) is 37.2 Å². The van der Waals surface area contributed by atoms with E-state index in [0.29, 0.717) is 19.3 Å². The minimum atomic E-state index is -0.822. The van der Waals surface area contributed by atoms with Crippen LogP contribution in [0.2, 0.25) is 0 Å². The highest BCUT2D eigenvalue weighted by Gasteiger charge is 2.19. The summed E-state index contributed by atoms with van der Waals surface area (Å²) in [5.74, 6) is -1.03. The molecule has 67 heavy (non-hydrogen) atoms. The van der Waals surface area contributed by atoms with Gasteiger partial charge in [0.05, 0.1) is 0 Å². The van der Waals surface area contributed by atoms with Gasteiger partial charge in [-0.2, -0.15) is 0 Å². The van der Waals surface area contributed by atoms with Gasteiger partial charge < -0.3 is 14.2 Å². The molecule has 0 aliphatic heterocycles. The van der Waals surface area contributed by atoms with Crippen molar-refractivity contribution in [2.75, 3.05) is 13.2 Å². The van der Waals surface area contributed by atoms with Gasteiger partial charge >= 0.3 is 17.9 Å². The molecule has 0 aromatic carbocycles. The molecule has 0 aliphatic rings. The van der Waals surface area contributed by atoms with Crippen molar-refractivity contribution in [2.45, 2.75) is 271 Å². The maximum Gasteiger partial charge on any atom is 0.306 e. The number of unbranched alkanes of at least 4 members (excludes halogenated alkanes) is 25. The fraction of sp³-hybridized carbons (Fsp3) is 0.721. The Morgan fingerprint density at radius 2 is 0.552 bits per heavy atom. The Balaban J connectivity index is 4.54. The Morgan fingerprint density at radius 1 is 0.299 bits per heavy atom. The molecule has 0 aromatic rings. The quantitative estimate of drug-likeness (QED) is 0.0262. The Labute approximate surface area is 414 Å². The third-order valence-electron chi connectivity index (χ3n) is 11.8. The molecule has 0 saturated heterocycles. The van der Waals surface area contributed by atoms with Gasteiger partial charge in [-0.05, 0) is 109 Å². The van der Waals surface area contributed by atoms with Gasteiger partial charge in [0.25, 0.3) is 0 Å². The predicted octanol–water partition coefficient (Wildman–Crippen LogP) is 18.8. The average Bonchev–Trinajstić information content (AvgIpc) is 3.33. The smallest absolute Gasteiger partial charge is 0.306 e. The van der Waals surface area contributed by atoms with Crippen molar-refractivity contribution in [3.8, 4) is 0 Å². The van der Waals surface area contributed by atoms with Crippen molar-refractivity contribution in [1.29, 1.82) is 0 Å². The molecule has 0 N–H and O–H groups in total. The number of carbonyl (C=O) groups is 3. The van der Waals surface area contributed by atoms with Crippen molar-refractivity contribution in [3.63, 3.8) is 0 Å². The van der Waals surface area contributed by atoms with Gasteiger partial charge in [-0.3, -0.25) is 14.4 Å². The lowest BCUT2D eigenvalue weighted by atomic mass is 10.1. The molecule has 384 valence electrons. The number of hydrogen-bond acceptors (Lipinski definition) is 6. The van der Waals surface area contributed by atoms with E-state index in [4.69, 9.17) is 14.2 Å². The van der Waals surface area contributed by atoms with Gasteiger partial charge in [-0.1, -0.05) is 221 Å². The number of ether oxygens (including phenoxy) is 3. The zero-order chi connectivity index (χ0) is 48.6. The first-order chi connectivity index (χ1) is 33.0. The highest BCUT2D eigenvalue weighted by molar-refractivity contribution is 5.71. The first kappa shape index (κ1) is 63.6. The third-order valence-corrected chi connectivity index (χ3v) is 11.8. The summed E-state index contributed by atoms with van der Waals surface area (Å²) < 4.78 is 16.7. The lowest BCUT2D eigenvalue weighted by Crippen LogP contribution is -2.30. The van der Waals surface area contributed by atoms with Crippen molar-refractivity contribution in [2.24, 2.45) is 0 Å². The summed E-state index contributed by atoms with van der Waals surface area (Å²) in [5, 5.41) is 0. The number of hydrogen-bond donors (Lipinski definition) is 0. The first-order valence-corrected chi connectivity index (χ1v) is 28.1. The van der Waals surface area contributed by atoms with Crippen molar-refractivity contribution >= 4 is 17.9 Å². The summed E-state index contributed by atoms with van der Waals surface area (Å²) in [4.78, 5) is 38.1. The summed E-state index contributed by atoms with van der Waals surface area (Å²) in [6, 6.07) is 0. The Kier molecular flexibility index (Phi) is 52.4. The van der Waals surface area contributed by atoms with Gasteiger partial charge in [0.15, 0.2) is 6.10 Å². The van der Waals surface area contributed by atoms with Gasteiger partial charge in [0.2, 0.25) is 0 Å². The second-order valence-electron chi connectivity index (χ2n) is 18.5. The molecule has 0 heterocycles. The lowest BCUT2D eigenvalue weighted by Gasteiger charge is -2.18. The second kappa shape index (κ2) is 55.2. The molecular formula is C61H104O6. The van der Waals surface area contributed by atoms with E-state index in [2.05, 4.69) is 106 Å². The molecule has 0 bridgehead atoms. The van der Waals surface area contributed by atoms with Crippen LogP contribution in [0.25, 0.3) is 0 Å². The van der Waals surface area contributed by atoms with Crippen LogP contribution in [0.3, 0.4) is 0 Å². The number of esters is 3. The Hall–Kier alpha value is -3.41. The van der Waals surface area contributed by atoms with Gasteiger partial charge in [0, 0.05) is 19.3 Å². The Morgan fingerprint density at radius 3 is 0.896 bits per heavy atom. The fourth-order valence-electron chi connectivity index (χ4n) is 7.59. The summed E-state index contributed by atoms with van der Waals surface area (Å²) in [5.41, 5.74) is 0. The average molecular weight is 933 g/mol. The van der Waals surface area contributed by atoms with Crippen LogP contribution < -0.4 is 0 Å². The highest BCUT2D eigenvalue weighted by Crippen LogP contribution is 2.13. The van der Waals surface area contributed by atoms with Crippen LogP contribution in [0.5, 0.6) is 0 Å². The zero-order valence-electron chi connectivity index (χ0n) is 43.9. The molecule has 0 saturated carbocycles. The van der Waals surface area contributed by atoms with Crippen molar-refractivity contribution in [3.05, 3.63) is 85.1 Å². The molecule has 0 radical (unpaired) electrons. The molecule has 0 unspecified atom stereocenters. The van der Waals surface area contributed by atoms with Gasteiger partial charge in [-0.25, -0.2) is 0 Å². The van der Waals surface area contributed by atoms with E-state index in [1.807, 2.05) is 0 Å². The largest absolute Gasteiger partial charge is 0.462 e. The first-order valence-electron chi connectivity index (χ1n) is 28.1. The van der Waals surface area contributed by atoms with Crippen LogP contribution >= 0.6 is 0 Å². The number of allylic oxidation sites excluding steroid dienone is 14. The molecule has 6 heteroatoms. The fourth-order valence-corrected chi connectivity index (χ4v) is 7.59. The molecule has 0 rings (SSSR count). The summed E-state index contributed by atoms with van der Waals surface area (Å²) in [6.45, 7) is 6.53. The molecule has 0 fully saturated rings. The van der Waals surface area contributed by atoms with Crippen LogP contribution in [-0.2, 0) is 28.6 Å². The number of carbonyl (C=O) groups excluding carboxylic acids is 3. The van der Waals surface area contributed by atoms with Gasteiger partial charge in [0.1, 0.15) is 13.2 Å². The Bertz CT molecular complexity index is 1230. The molecule has 0 spiro atoms. The van der Waals surface area contributed by atoms with Crippen molar-refractivity contribution < 1.29 is 28.6 Å².